The van der Waals surface area contributed by atoms with Crippen molar-refractivity contribution in [2.45, 2.75) is 29.8 Å². The van der Waals surface area contributed by atoms with Gasteiger partial charge in [-0.25, -0.2) is 8.42 Å². The molecule has 10 heteroatoms. The lowest BCUT2D eigenvalue weighted by Crippen LogP contribution is -2.46. The normalized spacial score (nSPS) is 12.5. The number of sulfonamides is 1. The molecule has 4 aromatic rings. The van der Waals surface area contributed by atoms with E-state index in [2.05, 4.69) is 10.0 Å². The molecule has 0 spiro atoms. The first-order chi connectivity index (χ1) is 20.8. The number of methoxy groups -OCH3 is 2. The number of benzene rings is 4. The van der Waals surface area contributed by atoms with E-state index in [9.17, 15) is 18.0 Å². The third-order valence-electron chi connectivity index (χ3n) is 6.65. The molecule has 0 fully saturated rings. The zero-order valence-electron chi connectivity index (χ0n) is 23.9. The van der Waals surface area contributed by atoms with Crippen LogP contribution in [0.4, 0.5) is 0 Å². The van der Waals surface area contributed by atoms with Gasteiger partial charge in [0.25, 0.3) is 5.91 Å². The number of esters is 1. The SMILES string of the molecule is COc1ccc(S(=O)(=O)NC(Cc2ccccc2)C(=O)OCC(Cc2ccccc2)NC(=O)c2ccccc2)c(OC)c1. The molecule has 0 aliphatic carbocycles. The molecular weight excluding hydrogens is 568 g/mol. The lowest BCUT2D eigenvalue weighted by Gasteiger charge is -2.22. The molecule has 0 heterocycles. The minimum atomic E-state index is -4.24. The highest BCUT2D eigenvalue weighted by atomic mass is 32.2. The third-order valence-corrected chi connectivity index (χ3v) is 8.16. The van der Waals surface area contributed by atoms with E-state index in [1.54, 1.807) is 48.5 Å². The summed E-state index contributed by atoms with van der Waals surface area (Å²) in [6.07, 6.45) is 0.432. The summed E-state index contributed by atoms with van der Waals surface area (Å²) in [5.74, 6) is -0.624. The fourth-order valence-electron chi connectivity index (χ4n) is 4.46. The number of carbonyl (C=O) groups excluding carboxylic acids is 2. The van der Waals surface area contributed by atoms with Crippen LogP contribution in [-0.4, -0.2) is 53.2 Å². The monoisotopic (exact) mass is 602 g/mol. The van der Waals surface area contributed by atoms with Gasteiger partial charge in [-0.3, -0.25) is 9.59 Å². The molecule has 224 valence electrons. The van der Waals surface area contributed by atoms with Crippen molar-refractivity contribution in [2.24, 2.45) is 0 Å². The summed E-state index contributed by atoms with van der Waals surface area (Å²) < 4.78 is 45.7. The van der Waals surface area contributed by atoms with Crippen LogP contribution >= 0.6 is 0 Å². The number of carbonyl (C=O) groups is 2. The van der Waals surface area contributed by atoms with Crippen molar-refractivity contribution >= 4 is 21.9 Å². The van der Waals surface area contributed by atoms with Crippen molar-refractivity contribution in [2.75, 3.05) is 20.8 Å². The average Bonchev–Trinajstić information content (AvgIpc) is 3.04. The second-order valence-electron chi connectivity index (χ2n) is 9.74. The van der Waals surface area contributed by atoms with E-state index in [0.717, 1.165) is 11.1 Å². The molecule has 0 aliphatic heterocycles. The Hall–Kier alpha value is -4.67. The first kappa shape index (κ1) is 31.3. The Morgan fingerprint density at radius 1 is 0.744 bits per heavy atom. The average molecular weight is 603 g/mol. The molecule has 0 aromatic heterocycles. The highest BCUT2D eigenvalue weighted by molar-refractivity contribution is 7.89. The first-order valence-corrected chi connectivity index (χ1v) is 15.1. The van der Waals surface area contributed by atoms with Gasteiger partial charge in [-0.1, -0.05) is 78.9 Å². The molecule has 0 saturated heterocycles. The molecule has 4 aromatic carbocycles. The van der Waals surface area contributed by atoms with Gasteiger partial charge in [0.1, 0.15) is 29.0 Å². The first-order valence-electron chi connectivity index (χ1n) is 13.6. The minimum absolute atomic E-state index is 0.0388. The second kappa shape index (κ2) is 15.0. The summed E-state index contributed by atoms with van der Waals surface area (Å²) in [5.41, 5.74) is 2.13. The number of ether oxygens (including phenoxy) is 3. The van der Waals surface area contributed by atoms with Crippen molar-refractivity contribution in [3.05, 3.63) is 126 Å². The molecule has 0 aliphatic rings. The fraction of sp³-hybridized carbons (Fsp3) is 0.212. The van der Waals surface area contributed by atoms with Crippen LogP contribution in [0.5, 0.6) is 11.5 Å². The Balaban J connectivity index is 1.55. The summed E-state index contributed by atoms with van der Waals surface area (Å²) >= 11 is 0. The summed E-state index contributed by atoms with van der Waals surface area (Å²) in [6, 6.07) is 29.7. The Morgan fingerprint density at radius 3 is 1.91 bits per heavy atom. The van der Waals surface area contributed by atoms with E-state index in [-0.39, 0.29) is 29.6 Å². The Kier molecular flexibility index (Phi) is 10.9. The summed E-state index contributed by atoms with van der Waals surface area (Å²) in [7, 11) is -1.43. The predicted octanol–water partition coefficient (Wildman–Crippen LogP) is 4.18. The van der Waals surface area contributed by atoms with E-state index in [1.807, 2.05) is 42.5 Å². The van der Waals surface area contributed by atoms with Gasteiger partial charge >= 0.3 is 5.97 Å². The molecule has 4 rings (SSSR count). The Bertz CT molecular complexity index is 1600. The van der Waals surface area contributed by atoms with Crippen molar-refractivity contribution in [3.8, 4) is 11.5 Å². The Labute approximate surface area is 251 Å². The Morgan fingerprint density at radius 2 is 1.33 bits per heavy atom. The van der Waals surface area contributed by atoms with Gasteiger partial charge in [-0.05, 0) is 48.2 Å². The molecule has 0 bridgehead atoms. The second-order valence-corrected chi connectivity index (χ2v) is 11.4. The quantitative estimate of drug-likeness (QED) is 0.208. The van der Waals surface area contributed by atoms with E-state index < -0.39 is 28.1 Å². The van der Waals surface area contributed by atoms with Crippen molar-refractivity contribution < 1.29 is 32.2 Å². The van der Waals surface area contributed by atoms with E-state index in [4.69, 9.17) is 14.2 Å². The van der Waals surface area contributed by atoms with Crippen LogP contribution in [0.2, 0.25) is 0 Å². The smallest absolute Gasteiger partial charge is 0.324 e. The molecule has 9 nitrogen and oxygen atoms in total. The molecule has 0 saturated carbocycles. The van der Waals surface area contributed by atoms with Gasteiger partial charge in [-0.15, -0.1) is 0 Å². The van der Waals surface area contributed by atoms with Crippen LogP contribution in [0.3, 0.4) is 0 Å². The highest BCUT2D eigenvalue weighted by Gasteiger charge is 2.30. The summed E-state index contributed by atoms with van der Waals surface area (Å²) in [4.78, 5) is 26.3. The maximum atomic E-state index is 13.5. The number of nitrogens with one attached hydrogen (secondary N) is 2. The molecule has 2 N–H and O–H groups in total. The van der Waals surface area contributed by atoms with Gasteiger partial charge < -0.3 is 19.5 Å². The minimum Gasteiger partial charge on any atom is -0.497 e. The molecule has 1 amide bonds. The van der Waals surface area contributed by atoms with E-state index >= 15 is 0 Å². The summed E-state index contributed by atoms with van der Waals surface area (Å²) in [5, 5.41) is 2.94. The molecule has 43 heavy (non-hydrogen) atoms. The highest BCUT2D eigenvalue weighted by Crippen LogP contribution is 2.28. The van der Waals surface area contributed by atoms with Gasteiger partial charge in [0, 0.05) is 11.6 Å². The van der Waals surface area contributed by atoms with Crippen LogP contribution in [0, 0.1) is 0 Å². The van der Waals surface area contributed by atoms with Gasteiger partial charge in [0.15, 0.2) is 0 Å². The van der Waals surface area contributed by atoms with E-state index in [1.165, 1.54) is 32.4 Å². The molecule has 2 unspecified atom stereocenters. The maximum Gasteiger partial charge on any atom is 0.324 e. The maximum absolute atomic E-state index is 13.5. The van der Waals surface area contributed by atoms with Crippen LogP contribution < -0.4 is 19.5 Å². The molecular formula is C33H34N2O7S. The van der Waals surface area contributed by atoms with Crippen LogP contribution in [0.15, 0.2) is 114 Å². The van der Waals surface area contributed by atoms with Gasteiger partial charge in [0.2, 0.25) is 10.0 Å². The van der Waals surface area contributed by atoms with Crippen molar-refractivity contribution in [1.82, 2.24) is 10.0 Å². The number of hydrogen-bond acceptors (Lipinski definition) is 7. The third kappa shape index (κ3) is 8.91. The zero-order valence-corrected chi connectivity index (χ0v) is 24.8. The molecule has 2 atom stereocenters. The van der Waals surface area contributed by atoms with Gasteiger partial charge in [0.05, 0.1) is 20.3 Å². The van der Waals surface area contributed by atoms with Crippen molar-refractivity contribution in [1.29, 1.82) is 0 Å². The lowest BCUT2D eigenvalue weighted by molar-refractivity contribution is -0.146. The van der Waals surface area contributed by atoms with Crippen LogP contribution in [-0.2, 0) is 32.4 Å². The van der Waals surface area contributed by atoms with Crippen molar-refractivity contribution in [3.63, 3.8) is 0 Å². The van der Waals surface area contributed by atoms with Gasteiger partial charge in [-0.2, -0.15) is 4.72 Å². The van der Waals surface area contributed by atoms with Crippen LogP contribution in [0.1, 0.15) is 21.5 Å². The number of hydrogen-bond donors (Lipinski definition) is 2. The topological polar surface area (TPSA) is 120 Å². The largest absolute Gasteiger partial charge is 0.497 e. The predicted molar refractivity (Wildman–Crippen MR) is 163 cm³/mol. The zero-order chi connectivity index (χ0) is 30.7. The number of rotatable bonds is 14. The lowest BCUT2D eigenvalue weighted by atomic mass is 10.1. The fourth-order valence-corrected chi connectivity index (χ4v) is 5.80. The van der Waals surface area contributed by atoms with E-state index in [0.29, 0.717) is 17.7 Å². The summed E-state index contributed by atoms with van der Waals surface area (Å²) in [6.45, 7) is -0.175. The number of amides is 1. The molecule has 0 radical (unpaired) electrons. The standard InChI is InChI=1S/C33H34N2O7S/c1-40-28-18-19-31(30(22-28)41-2)43(38,39)35-29(21-25-14-8-4-9-15-25)33(37)42-23-27(20-24-12-6-3-7-13-24)34-32(36)26-16-10-5-11-17-26/h3-19,22,27,29,35H,20-21,23H2,1-2H3,(H,34,36). The van der Waals surface area contributed by atoms with Crippen LogP contribution in [0.25, 0.3) is 0 Å².